The van der Waals surface area contributed by atoms with Gasteiger partial charge in [0.2, 0.25) is 5.91 Å². The average molecular weight is 416 g/mol. The van der Waals surface area contributed by atoms with Crippen LogP contribution >= 0.6 is 0 Å². The van der Waals surface area contributed by atoms with E-state index < -0.39 is 0 Å². The molecule has 1 aromatic carbocycles. The molecule has 1 aliphatic rings. The Bertz CT molecular complexity index is 1230. The summed E-state index contributed by atoms with van der Waals surface area (Å²) in [6, 6.07) is 12.1. The smallest absolute Gasteiger partial charge is 0.227 e. The van der Waals surface area contributed by atoms with E-state index in [0.717, 1.165) is 46.9 Å². The maximum atomic E-state index is 13.0. The van der Waals surface area contributed by atoms with Crippen molar-refractivity contribution >= 4 is 22.6 Å². The third-order valence-corrected chi connectivity index (χ3v) is 5.87. The number of para-hydroxylation sites is 1. The van der Waals surface area contributed by atoms with E-state index in [1.807, 2.05) is 49.3 Å². The number of fused-ring (bicyclic) bond motifs is 1. The number of rotatable bonds is 4. The number of carbonyl (C=O) groups excluding carboxylic acids is 1. The van der Waals surface area contributed by atoms with Crippen LogP contribution in [0.4, 0.5) is 5.82 Å². The van der Waals surface area contributed by atoms with E-state index in [0.29, 0.717) is 19.5 Å². The molecule has 0 bridgehead atoms. The monoisotopic (exact) mass is 415 g/mol. The molecule has 1 amide bonds. The SMILES string of the molecule is Cc1ccn(-c2cc(N3CCN(C(=O)Cc4cn(C)c5ccccc45)CC3)ncn2)n1. The van der Waals surface area contributed by atoms with Crippen molar-refractivity contribution in [1.82, 2.24) is 29.2 Å². The fraction of sp³-hybridized carbons (Fsp3) is 0.304. The average Bonchev–Trinajstić information content (AvgIpc) is 3.37. The second-order valence-corrected chi connectivity index (χ2v) is 7.96. The van der Waals surface area contributed by atoms with Crippen molar-refractivity contribution in [1.29, 1.82) is 0 Å². The lowest BCUT2D eigenvalue weighted by Gasteiger charge is -2.35. The van der Waals surface area contributed by atoms with Gasteiger partial charge in [-0.3, -0.25) is 4.79 Å². The van der Waals surface area contributed by atoms with Crippen LogP contribution in [0.5, 0.6) is 0 Å². The van der Waals surface area contributed by atoms with Gasteiger partial charge in [0.1, 0.15) is 12.1 Å². The molecule has 0 radical (unpaired) electrons. The number of hydrogen-bond acceptors (Lipinski definition) is 5. The van der Waals surface area contributed by atoms with Crippen molar-refractivity contribution < 1.29 is 4.79 Å². The molecule has 158 valence electrons. The number of anilines is 1. The minimum absolute atomic E-state index is 0.173. The second-order valence-electron chi connectivity index (χ2n) is 7.96. The Hall–Kier alpha value is -3.68. The lowest BCUT2D eigenvalue weighted by Crippen LogP contribution is -2.49. The first kappa shape index (κ1) is 19.3. The second kappa shape index (κ2) is 7.86. The van der Waals surface area contributed by atoms with Gasteiger partial charge in [-0.1, -0.05) is 18.2 Å². The van der Waals surface area contributed by atoms with Crippen LogP contribution in [0.25, 0.3) is 16.7 Å². The minimum Gasteiger partial charge on any atom is -0.353 e. The number of carbonyl (C=O) groups is 1. The third-order valence-electron chi connectivity index (χ3n) is 5.87. The fourth-order valence-electron chi connectivity index (χ4n) is 4.20. The van der Waals surface area contributed by atoms with E-state index in [9.17, 15) is 4.79 Å². The zero-order valence-corrected chi connectivity index (χ0v) is 17.8. The number of aromatic nitrogens is 5. The topological polar surface area (TPSA) is 72.1 Å². The Morgan fingerprint density at radius 2 is 1.81 bits per heavy atom. The molecule has 1 aliphatic heterocycles. The van der Waals surface area contributed by atoms with Crippen LogP contribution in [0.2, 0.25) is 0 Å². The number of amides is 1. The first-order valence-corrected chi connectivity index (χ1v) is 10.5. The summed E-state index contributed by atoms with van der Waals surface area (Å²) in [4.78, 5) is 25.9. The molecule has 0 N–H and O–H groups in total. The molecule has 8 heteroatoms. The lowest BCUT2D eigenvalue weighted by atomic mass is 10.1. The molecule has 0 spiro atoms. The van der Waals surface area contributed by atoms with Gasteiger partial charge in [-0.05, 0) is 24.6 Å². The maximum Gasteiger partial charge on any atom is 0.227 e. The minimum atomic E-state index is 0.173. The van der Waals surface area contributed by atoms with Gasteiger partial charge in [0.05, 0.1) is 12.1 Å². The van der Waals surface area contributed by atoms with Crippen molar-refractivity contribution in [2.24, 2.45) is 7.05 Å². The molecule has 0 aliphatic carbocycles. The summed E-state index contributed by atoms with van der Waals surface area (Å²) in [6.45, 7) is 4.81. The van der Waals surface area contributed by atoms with E-state index in [2.05, 4.69) is 42.9 Å². The zero-order chi connectivity index (χ0) is 21.4. The lowest BCUT2D eigenvalue weighted by molar-refractivity contribution is -0.130. The summed E-state index contributed by atoms with van der Waals surface area (Å²) in [6.07, 6.45) is 5.96. The molecule has 0 atom stereocenters. The summed E-state index contributed by atoms with van der Waals surface area (Å²) < 4.78 is 3.84. The van der Waals surface area contributed by atoms with Crippen LogP contribution in [0, 0.1) is 6.92 Å². The first-order chi connectivity index (χ1) is 15.1. The Labute approximate surface area is 180 Å². The fourth-order valence-corrected chi connectivity index (χ4v) is 4.20. The van der Waals surface area contributed by atoms with Gasteiger partial charge in [0, 0.05) is 62.6 Å². The summed E-state index contributed by atoms with van der Waals surface area (Å²) in [5.74, 6) is 1.78. The standard InChI is InChI=1S/C23H25N7O/c1-17-7-8-30(26-17)22-14-21(24-16-25-22)28-9-11-29(12-10-28)23(31)13-18-15-27(2)20-6-4-3-5-19(18)20/h3-8,14-16H,9-13H2,1-2H3. The highest BCUT2D eigenvalue weighted by Gasteiger charge is 2.23. The molecule has 3 aromatic heterocycles. The van der Waals surface area contributed by atoms with Gasteiger partial charge < -0.3 is 14.4 Å². The molecule has 0 saturated carbocycles. The quantitative estimate of drug-likeness (QED) is 0.512. The highest BCUT2D eigenvalue weighted by Crippen LogP contribution is 2.22. The third kappa shape index (κ3) is 3.76. The van der Waals surface area contributed by atoms with Crippen molar-refractivity contribution in [3.05, 3.63) is 66.4 Å². The number of aryl methyl sites for hydroxylation is 2. The van der Waals surface area contributed by atoms with Gasteiger partial charge in [0.15, 0.2) is 5.82 Å². The highest BCUT2D eigenvalue weighted by molar-refractivity contribution is 5.89. The van der Waals surface area contributed by atoms with Gasteiger partial charge in [-0.2, -0.15) is 5.10 Å². The molecular formula is C23H25N7O. The molecule has 8 nitrogen and oxygen atoms in total. The Balaban J connectivity index is 1.25. The van der Waals surface area contributed by atoms with E-state index in [1.54, 1.807) is 11.0 Å². The largest absolute Gasteiger partial charge is 0.353 e. The molecule has 1 saturated heterocycles. The molecule has 31 heavy (non-hydrogen) atoms. The van der Waals surface area contributed by atoms with E-state index in [-0.39, 0.29) is 5.91 Å². The highest BCUT2D eigenvalue weighted by atomic mass is 16.2. The van der Waals surface area contributed by atoms with E-state index >= 15 is 0 Å². The number of benzene rings is 1. The maximum absolute atomic E-state index is 13.0. The number of piperazine rings is 1. The van der Waals surface area contributed by atoms with Gasteiger partial charge >= 0.3 is 0 Å². The normalized spacial score (nSPS) is 14.4. The van der Waals surface area contributed by atoms with Crippen molar-refractivity contribution in [2.45, 2.75) is 13.3 Å². The van der Waals surface area contributed by atoms with Gasteiger partial charge in [-0.25, -0.2) is 14.6 Å². The van der Waals surface area contributed by atoms with Crippen LogP contribution in [-0.2, 0) is 18.3 Å². The predicted molar refractivity (Wildman–Crippen MR) is 119 cm³/mol. The molecular weight excluding hydrogens is 390 g/mol. The van der Waals surface area contributed by atoms with E-state index in [4.69, 9.17) is 0 Å². The summed E-state index contributed by atoms with van der Waals surface area (Å²) >= 11 is 0. The van der Waals surface area contributed by atoms with Gasteiger partial charge in [0.25, 0.3) is 0 Å². The summed E-state index contributed by atoms with van der Waals surface area (Å²) in [7, 11) is 2.02. The van der Waals surface area contributed by atoms with Crippen LogP contribution in [-0.4, -0.2) is 61.3 Å². The first-order valence-electron chi connectivity index (χ1n) is 10.5. The van der Waals surface area contributed by atoms with Crippen LogP contribution < -0.4 is 4.90 Å². The Morgan fingerprint density at radius 3 is 2.58 bits per heavy atom. The van der Waals surface area contributed by atoms with E-state index in [1.165, 1.54) is 0 Å². The molecule has 5 rings (SSSR count). The van der Waals surface area contributed by atoms with Crippen molar-refractivity contribution in [3.8, 4) is 5.82 Å². The molecule has 4 heterocycles. The molecule has 4 aromatic rings. The van der Waals surface area contributed by atoms with Crippen molar-refractivity contribution in [3.63, 3.8) is 0 Å². The number of hydrogen-bond donors (Lipinski definition) is 0. The number of nitrogens with zero attached hydrogens (tertiary/aromatic N) is 7. The van der Waals surface area contributed by atoms with Gasteiger partial charge in [-0.15, -0.1) is 0 Å². The predicted octanol–water partition coefficient (Wildman–Crippen LogP) is 2.35. The van der Waals surface area contributed by atoms with Crippen LogP contribution in [0.15, 0.2) is 55.1 Å². The zero-order valence-electron chi connectivity index (χ0n) is 17.8. The summed E-state index contributed by atoms with van der Waals surface area (Å²) in [5.41, 5.74) is 3.18. The summed E-state index contributed by atoms with van der Waals surface area (Å²) in [5, 5.41) is 5.57. The Kier molecular flexibility index (Phi) is 4.89. The van der Waals surface area contributed by atoms with Crippen LogP contribution in [0.3, 0.4) is 0 Å². The Morgan fingerprint density at radius 1 is 1.03 bits per heavy atom. The molecule has 0 unspecified atom stereocenters. The van der Waals surface area contributed by atoms with Crippen molar-refractivity contribution in [2.75, 3.05) is 31.1 Å². The van der Waals surface area contributed by atoms with Crippen LogP contribution in [0.1, 0.15) is 11.3 Å². The molecule has 1 fully saturated rings.